The molecule has 4 nitrogen and oxygen atoms in total. The van der Waals surface area contributed by atoms with Crippen molar-refractivity contribution in [1.29, 1.82) is 0 Å². The van der Waals surface area contributed by atoms with Crippen LogP contribution in [0.25, 0.3) is 0 Å². The van der Waals surface area contributed by atoms with Crippen molar-refractivity contribution >= 4 is 5.97 Å². The number of carboxylic acid groups (broad SMARTS) is 1. The van der Waals surface area contributed by atoms with Gasteiger partial charge in [-0.05, 0) is 18.9 Å². The molecule has 0 aromatic heterocycles. The van der Waals surface area contributed by atoms with E-state index in [1.165, 1.54) is 20.3 Å². The van der Waals surface area contributed by atoms with Crippen molar-refractivity contribution in [3.8, 4) is 5.75 Å². The molecule has 1 saturated carbocycles. The van der Waals surface area contributed by atoms with Crippen LogP contribution in [0.4, 0.5) is 4.39 Å². The van der Waals surface area contributed by atoms with Crippen LogP contribution in [0, 0.1) is 5.82 Å². The molecule has 1 fully saturated rings. The summed E-state index contributed by atoms with van der Waals surface area (Å²) in [5.74, 6) is -1.08. The van der Waals surface area contributed by atoms with E-state index < -0.39 is 17.2 Å². The number of hydrogen-bond acceptors (Lipinski definition) is 3. The molecule has 0 saturated heterocycles. The van der Waals surface area contributed by atoms with E-state index in [4.69, 9.17) is 9.47 Å². The van der Waals surface area contributed by atoms with E-state index in [0.717, 1.165) is 19.3 Å². The van der Waals surface area contributed by atoms with Gasteiger partial charge in [0, 0.05) is 24.3 Å². The number of carboxylic acids is 1. The number of halogens is 1. The molecule has 0 spiro atoms. The highest BCUT2D eigenvalue weighted by molar-refractivity contribution is 5.82. The maximum absolute atomic E-state index is 14.5. The Morgan fingerprint density at radius 1 is 1.29 bits per heavy atom. The average molecular weight is 296 g/mol. The molecule has 1 aromatic rings. The van der Waals surface area contributed by atoms with Gasteiger partial charge in [-0.1, -0.05) is 19.3 Å². The van der Waals surface area contributed by atoms with Gasteiger partial charge in [-0.3, -0.25) is 4.79 Å². The minimum atomic E-state index is -1.13. The summed E-state index contributed by atoms with van der Waals surface area (Å²) in [5.41, 5.74) is -0.206. The van der Waals surface area contributed by atoms with E-state index in [1.54, 1.807) is 6.07 Å². The lowest BCUT2D eigenvalue weighted by Crippen LogP contribution is -2.38. The number of ether oxygens (including phenoxy) is 2. The van der Waals surface area contributed by atoms with Gasteiger partial charge in [0.05, 0.1) is 19.1 Å². The van der Waals surface area contributed by atoms with E-state index in [-0.39, 0.29) is 12.2 Å². The van der Waals surface area contributed by atoms with Crippen LogP contribution in [-0.2, 0) is 21.6 Å². The Kier molecular flexibility index (Phi) is 4.83. The zero-order chi connectivity index (χ0) is 15.5. The van der Waals surface area contributed by atoms with Crippen LogP contribution in [0.2, 0.25) is 0 Å². The lowest BCUT2D eigenvalue weighted by atomic mass is 9.69. The fourth-order valence-corrected chi connectivity index (χ4v) is 3.18. The van der Waals surface area contributed by atoms with Crippen LogP contribution in [0.1, 0.15) is 43.2 Å². The molecule has 0 unspecified atom stereocenters. The van der Waals surface area contributed by atoms with Gasteiger partial charge in [-0.25, -0.2) is 4.39 Å². The van der Waals surface area contributed by atoms with Gasteiger partial charge in [0.2, 0.25) is 0 Å². The van der Waals surface area contributed by atoms with Crippen LogP contribution in [0.3, 0.4) is 0 Å². The summed E-state index contributed by atoms with van der Waals surface area (Å²) >= 11 is 0. The smallest absolute Gasteiger partial charge is 0.314 e. The molecule has 0 aliphatic heterocycles. The standard InChI is InChI=1S/C16H21FO4/c1-20-10-11-8-12(13(17)9-14(11)21-2)16(15(18)19)6-4-3-5-7-16/h8-9H,3-7,10H2,1-2H3,(H,18,19). The molecule has 0 atom stereocenters. The second-order valence-corrected chi connectivity index (χ2v) is 5.52. The molecular weight excluding hydrogens is 275 g/mol. The number of methoxy groups -OCH3 is 2. The van der Waals surface area contributed by atoms with Crippen LogP contribution in [-0.4, -0.2) is 25.3 Å². The molecule has 116 valence electrons. The van der Waals surface area contributed by atoms with Gasteiger partial charge < -0.3 is 14.6 Å². The van der Waals surface area contributed by atoms with Gasteiger partial charge in [-0.15, -0.1) is 0 Å². The highest BCUT2D eigenvalue weighted by atomic mass is 19.1. The van der Waals surface area contributed by atoms with E-state index in [1.807, 2.05) is 0 Å². The van der Waals surface area contributed by atoms with Crippen LogP contribution < -0.4 is 4.74 Å². The molecule has 0 bridgehead atoms. The fourth-order valence-electron chi connectivity index (χ4n) is 3.18. The molecule has 1 aliphatic rings. The first-order valence-corrected chi connectivity index (χ1v) is 7.14. The topological polar surface area (TPSA) is 55.8 Å². The summed E-state index contributed by atoms with van der Waals surface area (Å²) < 4.78 is 24.7. The summed E-state index contributed by atoms with van der Waals surface area (Å²) in [6, 6.07) is 2.86. The van der Waals surface area contributed by atoms with Gasteiger partial charge in [-0.2, -0.15) is 0 Å². The van der Waals surface area contributed by atoms with Crippen molar-refractivity contribution in [2.75, 3.05) is 14.2 Å². The van der Waals surface area contributed by atoms with Crippen molar-refractivity contribution in [3.05, 3.63) is 29.1 Å². The van der Waals surface area contributed by atoms with Crippen molar-refractivity contribution in [3.63, 3.8) is 0 Å². The molecule has 21 heavy (non-hydrogen) atoms. The van der Waals surface area contributed by atoms with Crippen LogP contribution in [0.5, 0.6) is 5.75 Å². The number of aliphatic carboxylic acids is 1. The molecule has 2 rings (SSSR count). The summed E-state index contributed by atoms with van der Waals surface area (Å²) in [5, 5.41) is 9.68. The second kappa shape index (κ2) is 6.43. The lowest BCUT2D eigenvalue weighted by Gasteiger charge is -2.34. The largest absolute Gasteiger partial charge is 0.496 e. The van der Waals surface area contributed by atoms with E-state index in [2.05, 4.69) is 0 Å². The summed E-state index contributed by atoms with van der Waals surface area (Å²) in [6.45, 7) is 0.256. The molecular formula is C16H21FO4. The predicted molar refractivity (Wildman–Crippen MR) is 76.1 cm³/mol. The molecule has 5 heteroatoms. The number of rotatable bonds is 5. The van der Waals surface area contributed by atoms with E-state index in [9.17, 15) is 14.3 Å². The first-order chi connectivity index (χ1) is 10.0. The second-order valence-electron chi connectivity index (χ2n) is 5.52. The summed E-state index contributed by atoms with van der Waals surface area (Å²) in [4.78, 5) is 11.8. The highest BCUT2D eigenvalue weighted by Gasteiger charge is 2.43. The Labute approximate surface area is 123 Å². The summed E-state index contributed by atoms with van der Waals surface area (Å²) in [6.07, 6.45) is 3.54. The van der Waals surface area contributed by atoms with Crippen LogP contribution >= 0.6 is 0 Å². The van der Waals surface area contributed by atoms with Crippen molar-refractivity contribution in [1.82, 2.24) is 0 Å². The monoisotopic (exact) mass is 296 g/mol. The first-order valence-electron chi connectivity index (χ1n) is 7.14. The lowest BCUT2D eigenvalue weighted by molar-refractivity contribution is -0.145. The molecule has 1 aromatic carbocycles. The number of benzene rings is 1. The maximum Gasteiger partial charge on any atom is 0.314 e. The van der Waals surface area contributed by atoms with Crippen LogP contribution in [0.15, 0.2) is 12.1 Å². The van der Waals surface area contributed by atoms with E-state index in [0.29, 0.717) is 24.2 Å². The zero-order valence-corrected chi connectivity index (χ0v) is 12.4. The van der Waals surface area contributed by atoms with Gasteiger partial charge in [0.15, 0.2) is 0 Å². The average Bonchev–Trinajstić information content (AvgIpc) is 2.49. The minimum absolute atomic E-state index is 0.252. The number of hydrogen-bond donors (Lipinski definition) is 1. The fraction of sp³-hybridized carbons (Fsp3) is 0.562. The summed E-state index contributed by atoms with van der Waals surface area (Å²) in [7, 11) is 3.00. The van der Waals surface area contributed by atoms with Crippen molar-refractivity contribution in [2.45, 2.75) is 44.1 Å². The minimum Gasteiger partial charge on any atom is -0.496 e. The third-order valence-corrected chi connectivity index (χ3v) is 4.30. The van der Waals surface area contributed by atoms with Gasteiger partial charge >= 0.3 is 5.97 Å². The van der Waals surface area contributed by atoms with Crippen molar-refractivity contribution < 1.29 is 23.8 Å². The Balaban J connectivity index is 2.54. The van der Waals surface area contributed by atoms with Gasteiger partial charge in [0.1, 0.15) is 11.6 Å². The Bertz CT molecular complexity index is 521. The van der Waals surface area contributed by atoms with Gasteiger partial charge in [0.25, 0.3) is 0 Å². The molecule has 1 aliphatic carbocycles. The van der Waals surface area contributed by atoms with Crippen molar-refractivity contribution in [2.24, 2.45) is 0 Å². The molecule has 0 radical (unpaired) electrons. The Hall–Kier alpha value is -1.62. The maximum atomic E-state index is 14.5. The quantitative estimate of drug-likeness (QED) is 0.906. The normalized spacial score (nSPS) is 17.5. The Morgan fingerprint density at radius 2 is 1.95 bits per heavy atom. The molecule has 1 N–H and O–H groups in total. The SMILES string of the molecule is COCc1cc(C2(C(=O)O)CCCCC2)c(F)cc1OC. The zero-order valence-electron chi connectivity index (χ0n) is 12.4. The Morgan fingerprint density at radius 3 is 2.48 bits per heavy atom. The molecule has 0 amide bonds. The highest BCUT2D eigenvalue weighted by Crippen LogP contribution is 2.42. The number of carbonyl (C=O) groups is 1. The van der Waals surface area contributed by atoms with E-state index >= 15 is 0 Å². The predicted octanol–water partition coefficient (Wildman–Crippen LogP) is 3.27. The third-order valence-electron chi connectivity index (χ3n) is 4.30. The molecule has 0 heterocycles. The first kappa shape index (κ1) is 15.8. The third kappa shape index (κ3) is 2.88.